The van der Waals surface area contributed by atoms with Crippen LogP contribution in [0, 0.1) is 17.8 Å². The van der Waals surface area contributed by atoms with Gasteiger partial charge in [0.25, 0.3) is 0 Å². The summed E-state index contributed by atoms with van der Waals surface area (Å²) in [7, 11) is 0. The van der Waals surface area contributed by atoms with Crippen LogP contribution in [-0.4, -0.2) is 12.7 Å². The largest absolute Gasteiger partial charge is 0.378 e. The van der Waals surface area contributed by atoms with Crippen LogP contribution in [0.1, 0.15) is 129 Å². The Kier molecular flexibility index (Phi) is 12.0. The van der Waals surface area contributed by atoms with Gasteiger partial charge in [-0.3, -0.25) is 0 Å². The van der Waals surface area contributed by atoms with Crippen molar-refractivity contribution in [3.63, 3.8) is 0 Å². The Morgan fingerprint density at radius 3 is 1.62 bits per heavy atom. The monoisotopic (exact) mass is 364 g/mol. The molecule has 2 fully saturated rings. The average molecular weight is 365 g/mol. The van der Waals surface area contributed by atoms with Crippen molar-refractivity contribution in [2.45, 2.75) is 136 Å². The van der Waals surface area contributed by atoms with Crippen LogP contribution in [-0.2, 0) is 4.74 Å². The zero-order valence-electron chi connectivity index (χ0n) is 18.2. The van der Waals surface area contributed by atoms with E-state index in [0.29, 0.717) is 6.10 Å². The third-order valence-electron chi connectivity index (χ3n) is 7.31. The molecule has 0 aliphatic heterocycles. The van der Waals surface area contributed by atoms with Crippen molar-refractivity contribution in [3.05, 3.63) is 0 Å². The lowest BCUT2D eigenvalue weighted by Gasteiger charge is -2.32. The minimum atomic E-state index is 0.589. The van der Waals surface area contributed by atoms with Gasteiger partial charge in [0.05, 0.1) is 6.10 Å². The van der Waals surface area contributed by atoms with Crippen LogP contribution < -0.4 is 0 Å². The third-order valence-corrected chi connectivity index (χ3v) is 7.31. The Bertz CT molecular complexity index is 310. The number of ether oxygens (including phenoxy) is 1. The van der Waals surface area contributed by atoms with Crippen molar-refractivity contribution in [2.75, 3.05) is 6.61 Å². The first-order valence-corrected chi connectivity index (χ1v) is 12.4. The predicted molar refractivity (Wildman–Crippen MR) is 115 cm³/mol. The molecule has 0 aromatic rings. The number of unbranched alkanes of at least 4 members (excludes halogenated alkanes) is 5. The predicted octanol–water partition coefficient (Wildman–Crippen LogP) is 8.31. The summed E-state index contributed by atoms with van der Waals surface area (Å²) in [4.78, 5) is 0. The minimum Gasteiger partial charge on any atom is -0.378 e. The topological polar surface area (TPSA) is 9.23 Å². The second-order valence-corrected chi connectivity index (χ2v) is 9.53. The highest BCUT2D eigenvalue weighted by Crippen LogP contribution is 2.37. The molecule has 2 rings (SSSR count). The molecule has 0 radical (unpaired) electrons. The molecular formula is C25H48O. The van der Waals surface area contributed by atoms with Crippen LogP contribution in [0.2, 0.25) is 0 Å². The highest BCUT2D eigenvalue weighted by Gasteiger charge is 2.24. The van der Waals surface area contributed by atoms with Crippen LogP contribution in [0.3, 0.4) is 0 Å². The van der Waals surface area contributed by atoms with Crippen molar-refractivity contribution in [1.29, 1.82) is 0 Å². The first-order chi connectivity index (χ1) is 12.8. The van der Waals surface area contributed by atoms with Gasteiger partial charge in [-0.25, -0.2) is 0 Å². The van der Waals surface area contributed by atoms with E-state index in [1.54, 1.807) is 0 Å². The third kappa shape index (κ3) is 9.25. The molecule has 1 nitrogen and oxygen atoms in total. The highest BCUT2D eigenvalue weighted by molar-refractivity contribution is 4.77. The zero-order chi connectivity index (χ0) is 18.5. The molecule has 0 saturated heterocycles. The quantitative estimate of drug-likeness (QED) is 0.298. The van der Waals surface area contributed by atoms with Gasteiger partial charge in [-0.2, -0.15) is 0 Å². The number of hydrogen-bond acceptors (Lipinski definition) is 1. The van der Waals surface area contributed by atoms with E-state index in [1.165, 1.54) is 116 Å². The fourth-order valence-corrected chi connectivity index (χ4v) is 5.33. The maximum atomic E-state index is 6.12. The Morgan fingerprint density at radius 2 is 1.04 bits per heavy atom. The molecule has 1 heteroatoms. The van der Waals surface area contributed by atoms with Crippen molar-refractivity contribution in [1.82, 2.24) is 0 Å². The zero-order valence-corrected chi connectivity index (χ0v) is 18.2. The molecule has 0 aromatic heterocycles. The lowest BCUT2D eigenvalue weighted by Crippen LogP contribution is -2.23. The molecule has 154 valence electrons. The number of hydrogen-bond donors (Lipinski definition) is 0. The summed E-state index contributed by atoms with van der Waals surface area (Å²) in [5.74, 6) is 3.14. The summed E-state index contributed by atoms with van der Waals surface area (Å²) < 4.78 is 6.12. The van der Waals surface area contributed by atoms with Gasteiger partial charge in [0, 0.05) is 6.61 Å². The summed E-state index contributed by atoms with van der Waals surface area (Å²) in [5, 5.41) is 0. The van der Waals surface area contributed by atoms with E-state index in [2.05, 4.69) is 13.8 Å². The van der Waals surface area contributed by atoms with Crippen molar-refractivity contribution in [3.8, 4) is 0 Å². The van der Waals surface area contributed by atoms with E-state index in [9.17, 15) is 0 Å². The van der Waals surface area contributed by atoms with Crippen LogP contribution in [0.5, 0.6) is 0 Å². The van der Waals surface area contributed by atoms with Crippen molar-refractivity contribution < 1.29 is 4.74 Å². The SMILES string of the molecule is CCCCCCOC1CCC(CCC2CCC(CCCCC)CC2)CC1. The molecule has 0 amide bonds. The molecule has 26 heavy (non-hydrogen) atoms. The van der Waals surface area contributed by atoms with E-state index < -0.39 is 0 Å². The van der Waals surface area contributed by atoms with E-state index >= 15 is 0 Å². The summed E-state index contributed by atoms with van der Waals surface area (Å²) in [5.41, 5.74) is 0. The van der Waals surface area contributed by atoms with Crippen molar-refractivity contribution in [2.24, 2.45) is 17.8 Å². The lowest BCUT2D eigenvalue weighted by molar-refractivity contribution is 0.0145. The van der Waals surface area contributed by atoms with Crippen molar-refractivity contribution >= 4 is 0 Å². The van der Waals surface area contributed by atoms with Gasteiger partial charge >= 0.3 is 0 Å². The second-order valence-electron chi connectivity index (χ2n) is 9.53. The molecule has 0 unspecified atom stereocenters. The molecule has 0 N–H and O–H groups in total. The van der Waals surface area contributed by atoms with Gasteiger partial charge in [-0.05, 0) is 49.9 Å². The summed E-state index contributed by atoms with van der Waals surface area (Å²) in [6, 6.07) is 0. The van der Waals surface area contributed by atoms with Crippen LogP contribution >= 0.6 is 0 Å². The van der Waals surface area contributed by atoms with E-state index in [0.717, 1.165) is 24.4 Å². The normalized spacial score (nSPS) is 29.8. The Balaban J connectivity index is 1.46. The fourth-order valence-electron chi connectivity index (χ4n) is 5.33. The average Bonchev–Trinajstić information content (AvgIpc) is 2.68. The van der Waals surface area contributed by atoms with Gasteiger partial charge in [0.1, 0.15) is 0 Å². The van der Waals surface area contributed by atoms with Gasteiger partial charge in [0.2, 0.25) is 0 Å². The summed E-state index contributed by atoms with van der Waals surface area (Å²) in [6.45, 7) is 5.61. The molecule has 2 aliphatic carbocycles. The Morgan fingerprint density at radius 1 is 0.538 bits per heavy atom. The first kappa shape index (κ1) is 22.3. The Labute approximate surface area is 165 Å². The molecular weight excluding hydrogens is 316 g/mol. The summed E-state index contributed by atoms with van der Waals surface area (Å²) in [6.07, 6.45) is 26.5. The van der Waals surface area contributed by atoms with Gasteiger partial charge in [-0.15, -0.1) is 0 Å². The van der Waals surface area contributed by atoms with Crippen LogP contribution in [0.15, 0.2) is 0 Å². The van der Waals surface area contributed by atoms with E-state index in [-0.39, 0.29) is 0 Å². The second kappa shape index (κ2) is 14.0. The minimum absolute atomic E-state index is 0.589. The molecule has 2 aliphatic rings. The van der Waals surface area contributed by atoms with Gasteiger partial charge in [0.15, 0.2) is 0 Å². The number of rotatable bonds is 13. The lowest BCUT2D eigenvalue weighted by atomic mass is 9.76. The molecule has 0 bridgehead atoms. The van der Waals surface area contributed by atoms with Gasteiger partial charge < -0.3 is 4.74 Å². The molecule has 0 aromatic carbocycles. The van der Waals surface area contributed by atoms with Crippen LogP contribution in [0.25, 0.3) is 0 Å². The van der Waals surface area contributed by atoms with E-state index in [1.807, 2.05) is 0 Å². The fraction of sp³-hybridized carbons (Fsp3) is 1.00. The molecule has 0 spiro atoms. The standard InChI is InChI=1S/C25H48O/c1-3-5-7-9-21-26-25-19-17-24(18-20-25)16-15-23-13-11-22(12-14-23)10-8-6-4-2/h22-25H,3-21H2,1-2H3. The molecule has 0 atom stereocenters. The van der Waals surface area contributed by atoms with E-state index in [4.69, 9.17) is 4.74 Å². The highest BCUT2D eigenvalue weighted by atomic mass is 16.5. The smallest absolute Gasteiger partial charge is 0.0575 e. The Hall–Kier alpha value is -0.0400. The first-order valence-electron chi connectivity index (χ1n) is 12.4. The summed E-state index contributed by atoms with van der Waals surface area (Å²) >= 11 is 0. The maximum Gasteiger partial charge on any atom is 0.0575 e. The maximum absolute atomic E-state index is 6.12. The van der Waals surface area contributed by atoms with Crippen LogP contribution in [0.4, 0.5) is 0 Å². The molecule has 2 saturated carbocycles. The van der Waals surface area contributed by atoms with Gasteiger partial charge in [-0.1, -0.05) is 97.3 Å². The molecule has 0 heterocycles.